The molecule has 0 aliphatic rings. The Bertz CT molecular complexity index is 570. The van der Waals surface area contributed by atoms with Gasteiger partial charge in [0, 0.05) is 7.05 Å². The summed E-state index contributed by atoms with van der Waals surface area (Å²) in [4.78, 5) is 0. The third-order valence-electron chi connectivity index (χ3n) is 2.69. The lowest BCUT2D eigenvalue weighted by molar-refractivity contribution is 0.412. The fourth-order valence-electron chi connectivity index (χ4n) is 1.63. The van der Waals surface area contributed by atoms with Crippen molar-refractivity contribution in [1.82, 2.24) is 0 Å². The molecule has 98 valence electrons. The molecule has 19 heavy (non-hydrogen) atoms. The molecule has 0 fully saturated rings. The molecular formula is C15H15BrN2O. The lowest BCUT2D eigenvalue weighted by atomic mass is 10.2. The highest BCUT2D eigenvalue weighted by molar-refractivity contribution is 9.10. The maximum absolute atomic E-state index is 5.19. The van der Waals surface area contributed by atoms with Crippen molar-refractivity contribution in [3.8, 4) is 5.75 Å². The standard InChI is InChI=1S/C15H15BrN2O/c1-18(13-6-4-3-5-7-13)17-11-12-8-9-15(19-2)14(16)10-12/h3-11H,1-2H3/b17-11-. The van der Waals surface area contributed by atoms with Crippen LogP contribution in [-0.2, 0) is 0 Å². The molecule has 0 spiro atoms. The van der Waals surface area contributed by atoms with Gasteiger partial charge in [-0.3, -0.25) is 5.01 Å². The van der Waals surface area contributed by atoms with Gasteiger partial charge in [0.15, 0.2) is 0 Å². The topological polar surface area (TPSA) is 24.8 Å². The molecule has 0 unspecified atom stereocenters. The Kier molecular flexibility index (Phi) is 4.58. The van der Waals surface area contributed by atoms with E-state index in [1.165, 1.54) is 0 Å². The normalized spacial score (nSPS) is 10.7. The number of halogens is 1. The monoisotopic (exact) mass is 318 g/mol. The highest BCUT2D eigenvalue weighted by atomic mass is 79.9. The van der Waals surface area contributed by atoms with Crippen LogP contribution in [0.2, 0.25) is 0 Å². The van der Waals surface area contributed by atoms with Crippen molar-refractivity contribution in [2.75, 3.05) is 19.2 Å². The van der Waals surface area contributed by atoms with E-state index in [2.05, 4.69) is 21.0 Å². The zero-order valence-corrected chi connectivity index (χ0v) is 12.5. The van der Waals surface area contributed by atoms with Gasteiger partial charge in [0.25, 0.3) is 0 Å². The number of para-hydroxylation sites is 1. The summed E-state index contributed by atoms with van der Waals surface area (Å²) in [6.45, 7) is 0. The molecule has 0 aliphatic heterocycles. The van der Waals surface area contributed by atoms with Crippen LogP contribution in [0.3, 0.4) is 0 Å². The third kappa shape index (κ3) is 3.58. The summed E-state index contributed by atoms with van der Waals surface area (Å²) in [6, 6.07) is 15.8. The quantitative estimate of drug-likeness (QED) is 0.630. The van der Waals surface area contributed by atoms with E-state index in [0.717, 1.165) is 21.5 Å². The highest BCUT2D eigenvalue weighted by Crippen LogP contribution is 2.24. The Morgan fingerprint density at radius 3 is 2.53 bits per heavy atom. The average Bonchev–Trinajstić information content (AvgIpc) is 2.46. The molecule has 2 aromatic carbocycles. The van der Waals surface area contributed by atoms with Crippen molar-refractivity contribution >= 4 is 27.8 Å². The summed E-state index contributed by atoms with van der Waals surface area (Å²) in [7, 11) is 3.57. The van der Waals surface area contributed by atoms with Crippen LogP contribution in [0.5, 0.6) is 5.75 Å². The number of benzene rings is 2. The molecule has 0 N–H and O–H groups in total. The molecule has 0 saturated heterocycles. The number of hydrazone groups is 1. The molecule has 2 aromatic rings. The number of rotatable bonds is 4. The van der Waals surface area contributed by atoms with E-state index in [0.29, 0.717) is 0 Å². The first kappa shape index (κ1) is 13.6. The van der Waals surface area contributed by atoms with E-state index in [-0.39, 0.29) is 0 Å². The second-order valence-corrected chi connectivity index (χ2v) is 4.85. The second kappa shape index (κ2) is 6.38. The van der Waals surface area contributed by atoms with E-state index in [9.17, 15) is 0 Å². The van der Waals surface area contributed by atoms with Crippen LogP contribution in [0.4, 0.5) is 5.69 Å². The maximum Gasteiger partial charge on any atom is 0.133 e. The number of hydrogen-bond acceptors (Lipinski definition) is 3. The number of methoxy groups -OCH3 is 1. The van der Waals surface area contributed by atoms with Gasteiger partial charge in [0.05, 0.1) is 23.5 Å². The van der Waals surface area contributed by atoms with E-state index in [1.807, 2.05) is 66.8 Å². The average molecular weight is 319 g/mol. The van der Waals surface area contributed by atoms with Crippen molar-refractivity contribution < 1.29 is 4.74 Å². The SMILES string of the molecule is COc1ccc(/C=N\N(C)c2ccccc2)cc1Br. The van der Waals surface area contributed by atoms with Crippen LogP contribution in [-0.4, -0.2) is 20.4 Å². The molecule has 0 amide bonds. The van der Waals surface area contributed by atoms with Crippen molar-refractivity contribution in [3.05, 3.63) is 58.6 Å². The highest BCUT2D eigenvalue weighted by Gasteiger charge is 2.00. The first-order valence-corrected chi connectivity index (χ1v) is 6.66. The fraction of sp³-hybridized carbons (Fsp3) is 0.133. The summed E-state index contributed by atoms with van der Waals surface area (Å²) < 4.78 is 6.11. The van der Waals surface area contributed by atoms with E-state index in [4.69, 9.17) is 4.74 Å². The van der Waals surface area contributed by atoms with Gasteiger partial charge in [-0.2, -0.15) is 5.10 Å². The Hall–Kier alpha value is -1.81. The smallest absolute Gasteiger partial charge is 0.133 e. The Morgan fingerprint density at radius 2 is 1.89 bits per heavy atom. The van der Waals surface area contributed by atoms with Crippen LogP contribution in [0.15, 0.2) is 58.1 Å². The largest absolute Gasteiger partial charge is 0.496 e. The van der Waals surface area contributed by atoms with Gasteiger partial charge >= 0.3 is 0 Å². The zero-order chi connectivity index (χ0) is 13.7. The number of anilines is 1. The molecule has 0 saturated carbocycles. The second-order valence-electron chi connectivity index (χ2n) is 4.00. The summed E-state index contributed by atoms with van der Waals surface area (Å²) in [5.41, 5.74) is 2.06. The minimum Gasteiger partial charge on any atom is -0.496 e. The van der Waals surface area contributed by atoms with Crippen LogP contribution in [0.25, 0.3) is 0 Å². The number of ether oxygens (including phenoxy) is 1. The molecule has 0 atom stereocenters. The van der Waals surface area contributed by atoms with E-state index in [1.54, 1.807) is 7.11 Å². The van der Waals surface area contributed by atoms with E-state index < -0.39 is 0 Å². The zero-order valence-electron chi connectivity index (χ0n) is 10.9. The Labute approximate surface area is 121 Å². The molecule has 3 nitrogen and oxygen atoms in total. The third-order valence-corrected chi connectivity index (χ3v) is 3.31. The van der Waals surface area contributed by atoms with Crippen molar-refractivity contribution in [2.45, 2.75) is 0 Å². The predicted molar refractivity (Wildman–Crippen MR) is 83.1 cm³/mol. The summed E-state index contributed by atoms with van der Waals surface area (Å²) in [6.07, 6.45) is 1.82. The Balaban J connectivity index is 2.12. The van der Waals surface area contributed by atoms with Gasteiger partial charge < -0.3 is 4.74 Å². The van der Waals surface area contributed by atoms with Crippen LogP contribution in [0.1, 0.15) is 5.56 Å². The lowest BCUT2D eigenvalue weighted by Crippen LogP contribution is -2.08. The molecule has 0 bridgehead atoms. The first-order valence-electron chi connectivity index (χ1n) is 5.87. The van der Waals surface area contributed by atoms with Crippen LogP contribution < -0.4 is 9.75 Å². The van der Waals surface area contributed by atoms with Crippen molar-refractivity contribution in [2.24, 2.45) is 5.10 Å². The Morgan fingerprint density at radius 1 is 1.16 bits per heavy atom. The lowest BCUT2D eigenvalue weighted by Gasteiger charge is -2.12. The molecule has 0 aromatic heterocycles. The van der Waals surface area contributed by atoms with Crippen LogP contribution in [0, 0.1) is 0 Å². The summed E-state index contributed by atoms with van der Waals surface area (Å²) >= 11 is 3.46. The first-order chi connectivity index (χ1) is 9.20. The predicted octanol–water partition coefficient (Wildman–Crippen LogP) is 3.93. The van der Waals surface area contributed by atoms with Gasteiger partial charge in [0.2, 0.25) is 0 Å². The van der Waals surface area contributed by atoms with E-state index >= 15 is 0 Å². The molecule has 2 rings (SSSR count). The van der Waals surface area contributed by atoms with Gasteiger partial charge in [-0.15, -0.1) is 0 Å². The number of nitrogens with zero attached hydrogens (tertiary/aromatic N) is 2. The summed E-state index contributed by atoms with van der Waals surface area (Å²) in [5, 5.41) is 6.24. The van der Waals surface area contributed by atoms with Crippen molar-refractivity contribution in [3.63, 3.8) is 0 Å². The summed E-state index contributed by atoms with van der Waals surface area (Å²) in [5.74, 6) is 0.813. The molecule has 0 radical (unpaired) electrons. The van der Waals surface area contributed by atoms with Gasteiger partial charge in [-0.25, -0.2) is 0 Å². The molecular weight excluding hydrogens is 304 g/mol. The molecule has 0 aliphatic carbocycles. The minimum absolute atomic E-state index is 0.813. The fourth-order valence-corrected chi connectivity index (χ4v) is 2.18. The van der Waals surface area contributed by atoms with Gasteiger partial charge in [-0.1, -0.05) is 18.2 Å². The van der Waals surface area contributed by atoms with Crippen molar-refractivity contribution in [1.29, 1.82) is 0 Å². The van der Waals surface area contributed by atoms with Gasteiger partial charge in [-0.05, 0) is 51.8 Å². The molecule has 0 heterocycles. The number of hydrogen-bond donors (Lipinski definition) is 0. The minimum atomic E-state index is 0.813. The van der Waals surface area contributed by atoms with Crippen LogP contribution >= 0.6 is 15.9 Å². The maximum atomic E-state index is 5.19. The molecule has 4 heteroatoms. The van der Waals surface area contributed by atoms with Gasteiger partial charge in [0.1, 0.15) is 5.75 Å².